The van der Waals surface area contributed by atoms with Crippen LogP contribution in [-0.2, 0) is 26.5 Å². The van der Waals surface area contributed by atoms with Crippen molar-refractivity contribution in [1.82, 2.24) is 9.88 Å². The fourth-order valence-electron chi connectivity index (χ4n) is 4.06. The Bertz CT molecular complexity index is 1690. The number of aromatic nitrogens is 1. The molecule has 0 saturated heterocycles. The Hall–Kier alpha value is -2.66. The van der Waals surface area contributed by atoms with Crippen molar-refractivity contribution in [2.75, 3.05) is 11.9 Å². The number of anilines is 1. The van der Waals surface area contributed by atoms with E-state index in [9.17, 15) is 0 Å². The Balaban J connectivity index is 0.00000308. The van der Waals surface area contributed by atoms with Crippen LogP contribution in [-0.4, -0.2) is 16.9 Å². The van der Waals surface area contributed by atoms with Gasteiger partial charge in [-0.15, -0.1) is 36.0 Å². The minimum absolute atomic E-state index is 0. The maximum Gasteiger partial charge on any atom is 0.108 e. The van der Waals surface area contributed by atoms with Gasteiger partial charge in [-0.05, 0) is 64.0 Å². The first-order valence-electron chi connectivity index (χ1n) is 12.7. The van der Waals surface area contributed by atoms with Crippen LogP contribution in [0.3, 0.4) is 0 Å². The van der Waals surface area contributed by atoms with Crippen LogP contribution in [0, 0.1) is 18.8 Å². The molecule has 1 aliphatic rings. The van der Waals surface area contributed by atoms with Crippen molar-refractivity contribution in [3.8, 4) is 22.1 Å². The van der Waals surface area contributed by atoms with Crippen LogP contribution in [0.5, 0.6) is 10.8 Å². The van der Waals surface area contributed by atoms with Gasteiger partial charge in [0, 0.05) is 42.8 Å². The van der Waals surface area contributed by atoms with Crippen molar-refractivity contribution in [2.24, 2.45) is 0 Å². The summed E-state index contributed by atoms with van der Waals surface area (Å²) < 4.78 is 31.4. The summed E-state index contributed by atoms with van der Waals surface area (Å²) in [4.78, 5) is 7.61. The first-order valence-corrected chi connectivity index (χ1v) is 12.9. The van der Waals surface area contributed by atoms with E-state index < -0.39 is 6.98 Å². The minimum Gasteiger partial charge on any atom is -0.510 e. The molecule has 6 rings (SSSR count). The standard InChI is InChI=1S/C29H24N3OS2.Pt/c1-29(2,3)20-8-10-30-25(15-20)23-14-19-9-13-34-27(19)28-24(23)17-26(35-28)33-22-7-5-6-21(16-22)32-12-11-31(4)18-32;/h5-15,18H,1-4H3;/q-3;/i4D3;. The fraction of sp³-hybridized carbons (Fsp3) is 0.172. The van der Waals surface area contributed by atoms with Crippen molar-refractivity contribution in [2.45, 2.75) is 26.2 Å². The van der Waals surface area contributed by atoms with Gasteiger partial charge < -0.3 is 14.5 Å². The maximum absolute atomic E-state index is 7.60. The predicted molar refractivity (Wildman–Crippen MR) is 147 cm³/mol. The minimum atomic E-state index is -2.24. The molecule has 5 aromatic rings. The summed E-state index contributed by atoms with van der Waals surface area (Å²) >= 11 is 3.26. The van der Waals surface area contributed by atoms with Gasteiger partial charge >= 0.3 is 0 Å². The molecule has 0 bridgehead atoms. The second-order valence-corrected chi connectivity index (χ2v) is 11.3. The van der Waals surface area contributed by atoms with Crippen LogP contribution >= 0.6 is 22.7 Å². The zero-order chi connectivity index (χ0) is 26.7. The number of hydrogen-bond acceptors (Lipinski definition) is 6. The quantitative estimate of drug-likeness (QED) is 0.178. The molecule has 0 radical (unpaired) electrons. The normalized spacial score (nSPS) is 15.1. The Labute approximate surface area is 238 Å². The van der Waals surface area contributed by atoms with Gasteiger partial charge in [0.1, 0.15) is 5.06 Å². The summed E-state index contributed by atoms with van der Waals surface area (Å²) in [5, 5.41) is 4.89. The Morgan fingerprint density at radius 2 is 1.97 bits per heavy atom. The summed E-state index contributed by atoms with van der Waals surface area (Å²) in [5.74, 6) is 0.524. The zero-order valence-electron chi connectivity index (χ0n) is 22.8. The monoisotopic (exact) mass is 692 g/mol. The summed E-state index contributed by atoms with van der Waals surface area (Å²) in [6.45, 7) is 5.89. The van der Waals surface area contributed by atoms with Crippen molar-refractivity contribution in [3.05, 3.63) is 90.8 Å². The van der Waals surface area contributed by atoms with Crippen LogP contribution in [0.1, 0.15) is 30.4 Å². The molecule has 0 spiro atoms. The van der Waals surface area contributed by atoms with Crippen LogP contribution in [0.4, 0.5) is 5.69 Å². The molecule has 7 heteroatoms. The van der Waals surface area contributed by atoms with Gasteiger partial charge in [0.05, 0.1) is 0 Å². The predicted octanol–water partition coefficient (Wildman–Crippen LogP) is 8.21. The third kappa shape index (κ3) is 4.70. The van der Waals surface area contributed by atoms with Gasteiger partial charge in [0.15, 0.2) is 0 Å². The first-order chi connectivity index (χ1) is 18.1. The third-order valence-corrected chi connectivity index (χ3v) is 7.95. The largest absolute Gasteiger partial charge is 0.510 e. The second-order valence-electron chi connectivity index (χ2n) is 9.39. The number of pyridine rings is 1. The third-order valence-electron chi connectivity index (χ3n) is 5.89. The SMILES string of the molecule is [2H]C([2H])([2H])N1C=CN(c2[c-]c(Oc3[c-]c4c(-c5cc(C(C)(C)C)ccn5)cc5ccsc5c4s3)ccc2)[CH-]1.[Pt]. The number of hydrogen-bond donors (Lipinski definition) is 0. The van der Waals surface area contributed by atoms with Gasteiger partial charge in [0.2, 0.25) is 0 Å². The Morgan fingerprint density at radius 1 is 1.08 bits per heavy atom. The average Bonchev–Trinajstić information content (AvgIpc) is 3.62. The van der Waals surface area contributed by atoms with E-state index in [4.69, 9.17) is 13.8 Å². The molecule has 36 heavy (non-hydrogen) atoms. The second kappa shape index (κ2) is 9.66. The van der Waals surface area contributed by atoms with E-state index in [1.807, 2.05) is 24.4 Å². The number of rotatable bonds is 4. The topological polar surface area (TPSA) is 28.6 Å². The van der Waals surface area contributed by atoms with E-state index in [0.29, 0.717) is 16.5 Å². The van der Waals surface area contributed by atoms with Gasteiger partial charge in [-0.1, -0.05) is 31.0 Å². The van der Waals surface area contributed by atoms with E-state index >= 15 is 0 Å². The molecule has 4 nitrogen and oxygen atoms in total. The zero-order valence-corrected chi connectivity index (χ0v) is 23.7. The smallest absolute Gasteiger partial charge is 0.108 e. The summed E-state index contributed by atoms with van der Waals surface area (Å²) in [7, 11) is 0. The molecular formula is C29H24N3OPtS2-3. The molecule has 3 aromatic heterocycles. The molecule has 0 unspecified atom stereocenters. The van der Waals surface area contributed by atoms with Gasteiger partial charge in [-0.25, -0.2) is 0 Å². The van der Waals surface area contributed by atoms with Crippen molar-refractivity contribution < 1.29 is 29.9 Å². The maximum atomic E-state index is 7.60. The molecular weight excluding hydrogens is 666 g/mol. The van der Waals surface area contributed by atoms with E-state index in [2.05, 4.69) is 62.5 Å². The van der Waals surface area contributed by atoms with Crippen LogP contribution in [0.25, 0.3) is 31.4 Å². The van der Waals surface area contributed by atoms with E-state index in [1.165, 1.54) is 33.4 Å². The average molecular weight is 693 g/mol. The molecule has 0 aliphatic carbocycles. The summed E-state index contributed by atoms with van der Waals surface area (Å²) in [6.07, 6.45) is 5.08. The number of ether oxygens (including phenoxy) is 1. The van der Waals surface area contributed by atoms with E-state index in [0.717, 1.165) is 21.3 Å². The first kappa shape index (κ1) is 21.4. The number of fused-ring (bicyclic) bond motifs is 3. The van der Waals surface area contributed by atoms with Crippen LogP contribution in [0.2, 0.25) is 0 Å². The summed E-state index contributed by atoms with van der Waals surface area (Å²) in [6, 6.07) is 20.8. The van der Waals surface area contributed by atoms with E-state index in [-0.39, 0.29) is 26.5 Å². The molecule has 0 amide bonds. The molecule has 186 valence electrons. The molecule has 4 heterocycles. The number of thiophene rings is 2. The Morgan fingerprint density at radius 3 is 2.78 bits per heavy atom. The summed E-state index contributed by atoms with van der Waals surface area (Å²) in [5.41, 5.74) is 3.86. The van der Waals surface area contributed by atoms with Crippen LogP contribution < -0.4 is 9.64 Å². The van der Waals surface area contributed by atoms with Crippen LogP contribution in [0.15, 0.2) is 66.4 Å². The number of nitrogens with zero attached hydrogens (tertiary/aromatic N) is 3. The van der Waals surface area contributed by atoms with Gasteiger partial charge in [0.25, 0.3) is 0 Å². The molecule has 0 saturated carbocycles. The van der Waals surface area contributed by atoms with Crippen molar-refractivity contribution >= 4 is 48.5 Å². The number of benzene rings is 2. The van der Waals surface area contributed by atoms with E-state index in [1.54, 1.807) is 33.8 Å². The molecule has 0 N–H and O–H groups in total. The van der Waals surface area contributed by atoms with Gasteiger partial charge in [-0.3, -0.25) is 4.98 Å². The molecule has 2 aromatic carbocycles. The molecule has 0 fully saturated rings. The molecule has 0 atom stereocenters. The fourth-order valence-corrected chi connectivity index (χ4v) is 6.09. The van der Waals surface area contributed by atoms with Crippen molar-refractivity contribution in [3.63, 3.8) is 0 Å². The van der Waals surface area contributed by atoms with Crippen molar-refractivity contribution in [1.29, 1.82) is 0 Å². The van der Waals surface area contributed by atoms with Gasteiger partial charge in [-0.2, -0.15) is 40.8 Å². The Kier molecular flexibility index (Phi) is 5.75. The molecule has 1 aliphatic heterocycles.